The zero-order chi connectivity index (χ0) is 12.1. The molecule has 0 spiro atoms. The van der Waals surface area contributed by atoms with Crippen LogP contribution in [0.25, 0.3) is 0 Å². The summed E-state index contributed by atoms with van der Waals surface area (Å²) in [6.07, 6.45) is 3.13. The Morgan fingerprint density at radius 2 is 2.35 bits per heavy atom. The van der Waals surface area contributed by atoms with Crippen LogP contribution in [0.3, 0.4) is 0 Å². The highest BCUT2D eigenvalue weighted by Gasteiger charge is 2.17. The van der Waals surface area contributed by atoms with E-state index in [9.17, 15) is 4.79 Å². The first-order valence-electron chi connectivity index (χ1n) is 5.53. The Kier molecular flexibility index (Phi) is 4.28. The predicted molar refractivity (Wildman–Crippen MR) is 60.9 cm³/mol. The number of rotatable bonds is 3. The summed E-state index contributed by atoms with van der Waals surface area (Å²) in [6.45, 7) is 1.01. The summed E-state index contributed by atoms with van der Waals surface area (Å²) in [5.74, 6) is -0.497. The van der Waals surface area contributed by atoms with Gasteiger partial charge < -0.3 is 9.47 Å². The smallest absolute Gasteiger partial charge is 0.358 e. The summed E-state index contributed by atoms with van der Waals surface area (Å²) in [6, 6.07) is 2.99. The van der Waals surface area contributed by atoms with Crippen LogP contribution in [0, 0.1) is 0 Å². The van der Waals surface area contributed by atoms with Crippen LogP contribution < -0.4 is 0 Å². The van der Waals surface area contributed by atoms with Crippen molar-refractivity contribution in [3.8, 4) is 0 Å². The van der Waals surface area contributed by atoms with Crippen molar-refractivity contribution in [3.63, 3.8) is 0 Å². The molecule has 1 aliphatic rings. The quantitative estimate of drug-likeness (QED) is 0.773. The molecule has 0 saturated carbocycles. The van der Waals surface area contributed by atoms with Crippen LogP contribution >= 0.6 is 11.6 Å². The summed E-state index contributed by atoms with van der Waals surface area (Å²) in [5.41, 5.74) is 0.158. The summed E-state index contributed by atoms with van der Waals surface area (Å²) < 4.78 is 10.5. The maximum absolute atomic E-state index is 11.6. The Morgan fingerprint density at radius 1 is 1.47 bits per heavy atom. The van der Waals surface area contributed by atoms with Crippen molar-refractivity contribution >= 4 is 17.6 Å². The lowest BCUT2D eigenvalue weighted by molar-refractivity contribution is -0.0302. The van der Waals surface area contributed by atoms with Crippen molar-refractivity contribution in [2.24, 2.45) is 0 Å². The topological polar surface area (TPSA) is 61.3 Å². The van der Waals surface area contributed by atoms with Gasteiger partial charge in [-0.05, 0) is 31.4 Å². The Bertz CT molecular complexity index is 377. The van der Waals surface area contributed by atoms with Crippen LogP contribution in [0.5, 0.6) is 0 Å². The minimum absolute atomic E-state index is 0.00737. The van der Waals surface area contributed by atoms with E-state index in [0.717, 1.165) is 25.9 Å². The maximum atomic E-state index is 11.6. The van der Waals surface area contributed by atoms with Crippen LogP contribution in [0.4, 0.5) is 0 Å². The monoisotopic (exact) mass is 256 g/mol. The fraction of sp³-hybridized carbons (Fsp3) is 0.545. The number of carbonyl (C=O) groups is 1. The number of aromatic nitrogens is 2. The molecule has 1 aromatic rings. The minimum atomic E-state index is -0.497. The lowest BCUT2D eigenvalue weighted by atomic mass is 10.1. The average Bonchev–Trinajstić information content (AvgIpc) is 2.38. The van der Waals surface area contributed by atoms with Gasteiger partial charge in [0, 0.05) is 6.61 Å². The number of hydrogen-bond acceptors (Lipinski definition) is 5. The van der Waals surface area contributed by atoms with Gasteiger partial charge in [0.2, 0.25) is 0 Å². The zero-order valence-electron chi connectivity index (χ0n) is 9.26. The standard InChI is InChI=1S/C11H13ClN2O3/c12-10-5-4-9(13-14-10)11(15)17-7-8-3-1-2-6-16-8/h4-5,8H,1-3,6-7H2. The maximum Gasteiger partial charge on any atom is 0.358 e. The van der Waals surface area contributed by atoms with Gasteiger partial charge in [-0.1, -0.05) is 11.6 Å². The molecule has 1 unspecified atom stereocenters. The molecule has 2 rings (SSSR count). The molecular weight excluding hydrogens is 244 g/mol. The average molecular weight is 257 g/mol. The lowest BCUT2D eigenvalue weighted by Crippen LogP contribution is -2.26. The lowest BCUT2D eigenvalue weighted by Gasteiger charge is -2.21. The molecule has 1 fully saturated rings. The van der Waals surface area contributed by atoms with Gasteiger partial charge >= 0.3 is 5.97 Å². The van der Waals surface area contributed by atoms with Crippen LogP contribution in [0.1, 0.15) is 29.8 Å². The van der Waals surface area contributed by atoms with E-state index in [1.165, 1.54) is 12.1 Å². The molecule has 0 amide bonds. The molecule has 1 atom stereocenters. The third-order valence-corrected chi connectivity index (χ3v) is 2.72. The highest BCUT2D eigenvalue weighted by atomic mass is 35.5. The number of halogens is 1. The van der Waals surface area contributed by atoms with Gasteiger partial charge in [0.05, 0.1) is 6.10 Å². The second-order valence-electron chi connectivity index (χ2n) is 3.83. The molecule has 0 aliphatic carbocycles. The molecule has 6 heteroatoms. The first kappa shape index (κ1) is 12.3. The number of ether oxygens (including phenoxy) is 2. The van der Waals surface area contributed by atoms with E-state index >= 15 is 0 Å². The number of esters is 1. The first-order valence-corrected chi connectivity index (χ1v) is 5.91. The van der Waals surface area contributed by atoms with Gasteiger partial charge in [-0.15, -0.1) is 10.2 Å². The molecule has 0 bridgehead atoms. The van der Waals surface area contributed by atoms with Crippen LogP contribution in [-0.4, -0.2) is 35.5 Å². The van der Waals surface area contributed by atoms with Gasteiger partial charge in [0.1, 0.15) is 6.61 Å². The van der Waals surface area contributed by atoms with Gasteiger partial charge in [-0.2, -0.15) is 0 Å². The van der Waals surface area contributed by atoms with E-state index in [2.05, 4.69) is 10.2 Å². The molecule has 0 aromatic carbocycles. The molecule has 1 saturated heterocycles. The predicted octanol–water partition coefficient (Wildman–Crippen LogP) is 1.86. The van der Waals surface area contributed by atoms with Gasteiger partial charge in [-0.3, -0.25) is 0 Å². The largest absolute Gasteiger partial charge is 0.458 e. The van der Waals surface area contributed by atoms with Crippen molar-refractivity contribution in [2.75, 3.05) is 13.2 Å². The van der Waals surface area contributed by atoms with E-state index in [1.807, 2.05) is 0 Å². The number of carbonyl (C=O) groups excluding carboxylic acids is 1. The van der Waals surface area contributed by atoms with Crippen LogP contribution in [-0.2, 0) is 9.47 Å². The van der Waals surface area contributed by atoms with Gasteiger partial charge in [0.25, 0.3) is 0 Å². The van der Waals surface area contributed by atoms with Crippen molar-refractivity contribution < 1.29 is 14.3 Å². The van der Waals surface area contributed by atoms with Gasteiger partial charge in [-0.25, -0.2) is 4.79 Å². The third-order valence-electron chi connectivity index (χ3n) is 2.52. The van der Waals surface area contributed by atoms with Gasteiger partial charge in [0.15, 0.2) is 10.8 Å². The minimum Gasteiger partial charge on any atom is -0.458 e. The Balaban J connectivity index is 1.82. The molecule has 5 nitrogen and oxygen atoms in total. The molecule has 0 radical (unpaired) electrons. The highest BCUT2D eigenvalue weighted by molar-refractivity contribution is 6.29. The third kappa shape index (κ3) is 3.64. The molecule has 0 N–H and O–H groups in total. The number of nitrogens with zero attached hydrogens (tertiary/aromatic N) is 2. The van der Waals surface area contributed by atoms with E-state index in [1.54, 1.807) is 0 Å². The summed E-state index contributed by atoms with van der Waals surface area (Å²) in [4.78, 5) is 11.6. The second kappa shape index (κ2) is 5.93. The molecule has 17 heavy (non-hydrogen) atoms. The molecule has 1 aliphatic heterocycles. The zero-order valence-corrected chi connectivity index (χ0v) is 10.0. The van der Waals surface area contributed by atoms with Crippen molar-refractivity contribution in [1.29, 1.82) is 0 Å². The van der Waals surface area contributed by atoms with Crippen LogP contribution in [0.15, 0.2) is 12.1 Å². The molecule has 92 valence electrons. The fourth-order valence-electron chi connectivity index (χ4n) is 1.61. The Labute approximate surface area is 104 Å². The van der Waals surface area contributed by atoms with Crippen molar-refractivity contribution in [2.45, 2.75) is 25.4 Å². The molecular formula is C11H13ClN2O3. The normalized spacial score (nSPS) is 19.9. The van der Waals surface area contributed by atoms with Crippen molar-refractivity contribution in [3.05, 3.63) is 23.0 Å². The Hall–Kier alpha value is -1.20. The van der Waals surface area contributed by atoms with E-state index in [4.69, 9.17) is 21.1 Å². The van der Waals surface area contributed by atoms with E-state index in [-0.39, 0.29) is 23.6 Å². The molecule has 1 aromatic heterocycles. The highest BCUT2D eigenvalue weighted by Crippen LogP contribution is 2.13. The number of hydrogen-bond donors (Lipinski definition) is 0. The summed E-state index contributed by atoms with van der Waals surface area (Å²) in [7, 11) is 0. The first-order chi connectivity index (χ1) is 8.25. The summed E-state index contributed by atoms with van der Waals surface area (Å²) in [5, 5.41) is 7.47. The second-order valence-corrected chi connectivity index (χ2v) is 4.22. The fourth-order valence-corrected chi connectivity index (χ4v) is 1.71. The van der Waals surface area contributed by atoms with Crippen LogP contribution in [0.2, 0.25) is 5.15 Å². The summed E-state index contributed by atoms with van der Waals surface area (Å²) >= 11 is 5.57. The Morgan fingerprint density at radius 3 is 3.00 bits per heavy atom. The SMILES string of the molecule is O=C(OCC1CCCCO1)c1ccc(Cl)nn1. The van der Waals surface area contributed by atoms with E-state index < -0.39 is 5.97 Å². The van der Waals surface area contributed by atoms with E-state index in [0.29, 0.717) is 0 Å². The van der Waals surface area contributed by atoms with Crippen molar-refractivity contribution in [1.82, 2.24) is 10.2 Å². The molecule has 2 heterocycles.